The number of thiazole rings is 1. The molecule has 0 spiro atoms. The molecule has 10 heteroatoms. The molecule has 0 radical (unpaired) electrons. The van der Waals surface area contributed by atoms with Crippen LogP contribution in [0.15, 0.2) is 45.0 Å². The number of carbonyl (C=O) groups is 1. The zero-order valence-electron chi connectivity index (χ0n) is 16.2. The van der Waals surface area contributed by atoms with Crippen LogP contribution in [0.3, 0.4) is 0 Å². The number of halogens is 1. The van der Waals surface area contributed by atoms with Crippen molar-refractivity contribution in [2.24, 2.45) is 0 Å². The van der Waals surface area contributed by atoms with E-state index in [0.717, 1.165) is 18.6 Å². The van der Waals surface area contributed by atoms with E-state index in [1.165, 1.54) is 27.8 Å². The number of benzene rings is 1. The van der Waals surface area contributed by atoms with Crippen molar-refractivity contribution in [2.75, 3.05) is 18.4 Å². The molecule has 158 valence electrons. The second-order valence-electron chi connectivity index (χ2n) is 7.04. The number of aryl methyl sites for hydroxylation is 1. The standard InChI is InChI=1S/C20H20ClN3O4S2/c1-13-4-7-17(28-13)20-23-15(12-29-20)11-19(25)22-14-5-6-16(21)18(10-14)30(26,27)24-8-2-3-9-24/h4-7,10,12H,2-3,8-9,11H2,1H3,(H,22,25). The number of amides is 1. The van der Waals surface area contributed by atoms with Gasteiger partial charge in [-0.3, -0.25) is 4.79 Å². The van der Waals surface area contributed by atoms with Crippen molar-refractivity contribution in [3.8, 4) is 10.8 Å². The Morgan fingerprint density at radius 3 is 2.73 bits per heavy atom. The Labute approximate surface area is 183 Å². The third-order valence-electron chi connectivity index (χ3n) is 4.74. The van der Waals surface area contributed by atoms with Crippen molar-refractivity contribution in [1.82, 2.24) is 9.29 Å². The van der Waals surface area contributed by atoms with Crippen LogP contribution >= 0.6 is 22.9 Å². The molecule has 2 aromatic heterocycles. The molecule has 3 aromatic rings. The van der Waals surface area contributed by atoms with Crippen molar-refractivity contribution < 1.29 is 17.6 Å². The predicted octanol–water partition coefficient (Wildman–Crippen LogP) is 4.33. The van der Waals surface area contributed by atoms with E-state index in [1.807, 2.05) is 19.1 Å². The van der Waals surface area contributed by atoms with Crippen molar-refractivity contribution in [3.05, 3.63) is 52.2 Å². The van der Waals surface area contributed by atoms with Crippen LogP contribution in [0.5, 0.6) is 0 Å². The molecule has 0 unspecified atom stereocenters. The van der Waals surface area contributed by atoms with Gasteiger partial charge in [0.25, 0.3) is 0 Å². The molecular weight excluding hydrogens is 446 g/mol. The Morgan fingerprint density at radius 1 is 1.27 bits per heavy atom. The molecule has 1 N–H and O–H groups in total. The van der Waals surface area contributed by atoms with E-state index >= 15 is 0 Å². The first-order chi connectivity index (χ1) is 14.3. The Hall–Kier alpha value is -2.20. The number of hydrogen-bond donors (Lipinski definition) is 1. The molecule has 0 bridgehead atoms. The van der Waals surface area contributed by atoms with E-state index in [4.69, 9.17) is 16.0 Å². The zero-order chi connectivity index (χ0) is 21.3. The SMILES string of the molecule is Cc1ccc(-c2nc(CC(=O)Nc3ccc(Cl)c(S(=O)(=O)N4CCCC4)c3)cs2)o1. The summed E-state index contributed by atoms with van der Waals surface area (Å²) in [4.78, 5) is 16.9. The average molecular weight is 466 g/mol. The van der Waals surface area contributed by atoms with Gasteiger partial charge in [0.1, 0.15) is 10.7 Å². The van der Waals surface area contributed by atoms with Gasteiger partial charge in [-0.05, 0) is 50.1 Å². The molecule has 1 amide bonds. The summed E-state index contributed by atoms with van der Waals surface area (Å²) < 4.78 is 32.6. The second-order valence-corrected chi connectivity index (χ2v) is 10.2. The number of furan rings is 1. The summed E-state index contributed by atoms with van der Waals surface area (Å²) in [6, 6.07) is 8.18. The second kappa shape index (κ2) is 8.50. The van der Waals surface area contributed by atoms with E-state index in [-0.39, 0.29) is 22.2 Å². The minimum Gasteiger partial charge on any atom is -0.459 e. The fourth-order valence-corrected chi connectivity index (χ4v) is 6.06. The largest absolute Gasteiger partial charge is 0.459 e. The lowest BCUT2D eigenvalue weighted by atomic mass is 10.3. The maximum atomic E-state index is 12.8. The van der Waals surface area contributed by atoms with E-state index in [1.54, 1.807) is 11.4 Å². The van der Waals surface area contributed by atoms with Crippen LogP contribution in [0.25, 0.3) is 10.8 Å². The lowest BCUT2D eigenvalue weighted by Crippen LogP contribution is -2.28. The summed E-state index contributed by atoms with van der Waals surface area (Å²) in [5.41, 5.74) is 0.986. The Balaban J connectivity index is 1.47. The predicted molar refractivity (Wildman–Crippen MR) is 116 cm³/mol. The van der Waals surface area contributed by atoms with Crippen LogP contribution in [0.1, 0.15) is 24.3 Å². The summed E-state index contributed by atoms with van der Waals surface area (Å²) >= 11 is 7.55. The van der Waals surface area contributed by atoms with Gasteiger partial charge in [-0.2, -0.15) is 4.31 Å². The molecule has 0 saturated carbocycles. The topological polar surface area (TPSA) is 92.5 Å². The summed E-state index contributed by atoms with van der Waals surface area (Å²) in [5, 5.41) is 5.38. The molecule has 1 fully saturated rings. The lowest BCUT2D eigenvalue weighted by Gasteiger charge is -2.17. The molecular formula is C20H20ClN3O4S2. The molecule has 30 heavy (non-hydrogen) atoms. The number of aromatic nitrogens is 1. The van der Waals surface area contributed by atoms with Gasteiger partial charge < -0.3 is 9.73 Å². The molecule has 1 aliphatic rings. The van der Waals surface area contributed by atoms with Crippen LogP contribution in [0.4, 0.5) is 5.69 Å². The quantitative estimate of drug-likeness (QED) is 0.584. The third kappa shape index (κ3) is 4.44. The van der Waals surface area contributed by atoms with E-state index in [9.17, 15) is 13.2 Å². The smallest absolute Gasteiger partial charge is 0.244 e. The van der Waals surface area contributed by atoms with Gasteiger partial charge in [0, 0.05) is 24.2 Å². The van der Waals surface area contributed by atoms with Crippen LogP contribution < -0.4 is 5.32 Å². The Bertz CT molecular complexity index is 1180. The molecule has 1 aromatic carbocycles. The third-order valence-corrected chi connectivity index (χ3v) is 8.03. The molecule has 3 heterocycles. The van der Waals surface area contributed by atoms with Gasteiger partial charge in [-0.25, -0.2) is 13.4 Å². The van der Waals surface area contributed by atoms with E-state index in [0.29, 0.717) is 35.2 Å². The highest BCUT2D eigenvalue weighted by Gasteiger charge is 2.29. The highest BCUT2D eigenvalue weighted by Crippen LogP contribution is 2.30. The number of sulfonamides is 1. The van der Waals surface area contributed by atoms with Crippen LogP contribution in [-0.2, 0) is 21.2 Å². The molecule has 1 aliphatic heterocycles. The van der Waals surface area contributed by atoms with Crippen molar-refractivity contribution in [3.63, 3.8) is 0 Å². The van der Waals surface area contributed by atoms with Gasteiger partial charge in [-0.15, -0.1) is 11.3 Å². The highest BCUT2D eigenvalue weighted by molar-refractivity contribution is 7.89. The van der Waals surface area contributed by atoms with Crippen molar-refractivity contribution in [1.29, 1.82) is 0 Å². The number of anilines is 1. The van der Waals surface area contributed by atoms with Crippen LogP contribution in [-0.4, -0.2) is 36.7 Å². The van der Waals surface area contributed by atoms with Gasteiger partial charge >= 0.3 is 0 Å². The Kier molecular flexibility index (Phi) is 5.97. The maximum absolute atomic E-state index is 12.8. The fourth-order valence-electron chi connectivity index (χ4n) is 3.27. The minimum atomic E-state index is -3.68. The monoisotopic (exact) mass is 465 g/mol. The van der Waals surface area contributed by atoms with E-state index in [2.05, 4.69) is 10.3 Å². The number of nitrogens with zero attached hydrogens (tertiary/aromatic N) is 2. The first-order valence-electron chi connectivity index (χ1n) is 9.44. The summed E-state index contributed by atoms with van der Waals surface area (Å²) in [6.45, 7) is 2.82. The molecule has 4 rings (SSSR count). The first kappa shape index (κ1) is 21.0. The normalized spacial score (nSPS) is 14.9. The molecule has 0 atom stereocenters. The van der Waals surface area contributed by atoms with Crippen molar-refractivity contribution in [2.45, 2.75) is 31.1 Å². The number of carbonyl (C=O) groups excluding carboxylic acids is 1. The Morgan fingerprint density at radius 2 is 2.03 bits per heavy atom. The zero-order valence-corrected chi connectivity index (χ0v) is 18.6. The number of hydrogen-bond acceptors (Lipinski definition) is 6. The van der Waals surface area contributed by atoms with Crippen molar-refractivity contribution >= 4 is 44.6 Å². The summed E-state index contributed by atoms with van der Waals surface area (Å²) in [7, 11) is -3.68. The highest BCUT2D eigenvalue weighted by atomic mass is 35.5. The fraction of sp³-hybridized carbons (Fsp3) is 0.300. The minimum absolute atomic E-state index is 0.00741. The summed E-state index contributed by atoms with van der Waals surface area (Å²) in [6.07, 6.45) is 1.73. The summed E-state index contributed by atoms with van der Waals surface area (Å²) in [5.74, 6) is 1.16. The van der Waals surface area contributed by atoms with Gasteiger partial charge in [0.2, 0.25) is 15.9 Å². The van der Waals surface area contributed by atoms with Gasteiger partial charge in [0.05, 0.1) is 17.1 Å². The van der Waals surface area contributed by atoms with Gasteiger partial charge in [0.15, 0.2) is 10.8 Å². The first-order valence-corrected chi connectivity index (χ1v) is 12.1. The number of rotatable bonds is 6. The van der Waals surface area contributed by atoms with Crippen LogP contribution in [0.2, 0.25) is 5.02 Å². The molecule has 7 nitrogen and oxygen atoms in total. The number of nitrogens with one attached hydrogen (secondary N) is 1. The van der Waals surface area contributed by atoms with Gasteiger partial charge in [-0.1, -0.05) is 11.6 Å². The molecule has 1 saturated heterocycles. The van der Waals surface area contributed by atoms with Crippen LogP contribution in [0, 0.1) is 6.92 Å². The average Bonchev–Trinajstić information content (AvgIpc) is 3.44. The van der Waals surface area contributed by atoms with E-state index < -0.39 is 10.0 Å². The maximum Gasteiger partial charge on any atom is 0.244 e. The lowest BCUT2D eigenvalue weighted by molar-refractivity contribution is -0.115. The molecule has 0 aliphatic carbocycles.